The molecule has 1 aromatic carbocycles. The van der Waals surface area contributed by atoms with Crippen LogP contribution in [0.3, 0.4) is 0 Å². The van der Waals surface area contributed by atoms with Crippen molar-refractivity contribution < 1.29 is 9.59 Å². The van der Waals surface area contributed by atoms with E-state index in [1.165, 1.54) is 19.3 Å². The van der Waals surface area contributed by atoms with Gasteiger partial charge in [0.05, 0.1) is 6.54 Å². The largest absolute Gasteiger partial charge is 0.341 e. The van der Waals surface area contributed by atoms with Crippen molar-refractivity contribution in [2.24, 2.45) is 0 Å². The van der Waals surface area contributed by atoms with Gasteiger partial charge in [-0.25, -0.2) is 4.79 Å². The highest BCUT2D eigenvalue weighted by Gasteiger charge is 2.15. The average Bonchev–Trinajstić information content (AvgIpc) is 2.45. The van der Waals surface area contributed by atoms with Crippen LogP contribution in [0.15, 0.2) is 30.3 Å². The Labute approximate surface area is 125 Å². The van der Waals surface area contributed by atoms with Gasteiger partial charge in [-0.15, -0.1) is 0 Å². The van der Waals surface area contributed by atoms with E-state index in [0.29, 0.717) is 5.69 Å². The van der Waals surface area contributed by atoms with Crippen molar-refractivity contribution in [1.82, 2.24) is 10.2 Å². The Morgan fingerprint density at radius 1 is 0.952 bits per heavy atom. The summed E-state index contributed by atoms with van der Waals surface area (Å²) in [6.07, 6.45) is 5.75. The highest BCUT2D eigenvalue weighted by atomic mass is 16.2. The Bertz CT molecular complexity index is 454. The van der Waals surface area contributed by atoms with E-state index in [9.17, 15) is 9.59 Å². The molecule has 5 heteroatoms. The summed E-state index contributed by atoms with van der Waals surface area (Å²) in [7, 11) is 0. The summed E-state index contributed by atoms with van der Waals surface area (Å²) >= 11 is 0. The first kappa shape index (κ1) is 15.4. The molecule has 0 aliphatic carbocycles. The first-order valence-electron chi connectivity index (χ1n) is 7.63. The zero-order chi connectivity index (χ0) is 14.9. The van der Waals surface area contributed by atoms with Crippen molar-refractivity contribution in [3.8, 4) is 0 Å². The molecule has 2 rings (SSSR count). The summed E-state index contributed by atoms with van der Waals surface area (Å²) in [5, 5.41) is 5.32. The fourth-order valence-electron chi connectivity index (χ4n) is 2.46. The van der Waals surface area contributed by atoms with Gasteiger partial charge in [-0.2, -0.15) is 0 Å². The second-order valence-electron chi connectivity index (χ2n) is 5.32. The number of likely N-dealkylation sites (tertiary alicyclic amines) is 1. The van der Waals surface area contributed by atoms with Gasteiger partial charge >= 0.3 is 6.03 Å². The number of nitrogens with one attached hydrogen (secondary N) is 2. The minimum atomic E-state index is -0.346. The van der Waals surface area contributed by atoms with Crippen LogP contribution in [0.4, 0.5) is 10.5 Å². The molecule has 0 saturated carbocycles. The number of hydrogen-bond acceptors (Lipinski definition) is 2. The summed E-state index contributed by atoms with van der Waals surface area (Å²) in [4.78, 5) is 25.7. The number of nitrogens with zero attached hydrogens (tertiary/aromatic N) is 1. The van der Waals surface area contributed by atoms with E-state index in [1.54, 1.807) is 12.1 Å². The van der Waals surface area contributed by atoms with Gasteiger partial charge in [0.25, 0.3) is 0 Å². The quantitative estimate of drug-likeness (QED) is 0.898. The third kappa shape index (κ3) is 5.45. The highest BCUT2D eigenvalue weighted by Crippen LogP contribution is 2.10. The first-order valence-corrected chi connectivity index (χ1v) is 7.63. The molecular formula is C16H23N3O2. The van der Waals surface area contributed by atoms with Crippen molar-refractivity contribution in [3.63, 3.8) is 0 Å². The van der Waals surface area contributed by atoms with Crippen molar-refractivity contribution in [2.75, 3.05) is 25.0 Å². The van der Waals surface area contributed by atoms with Crippen LogP contribution in [0.5, 0.6) is 0 Å². The molecular weight excluding hydrogens is 266 g/mol. The molecule has 0 radical (unpaired) electrons. The Balaban J connectivity index is 1.73. The molecule has 1 heterocycles. The van der Waals surface area contributed by atoms with E-state index >= 15 is 0 Å². The smallest absolute Gasteiger partial charge is 0.319 e. The van der Waals surface area contributed by atoms with Crippen LogP contribution in [0.1, 0.15) is 32.1 Å². The summed E-state index contributed by atoms with van der Waals surface area (Å²) < 4.78 is 0. The van der Waals surface area contributed by atoms with Crippen molar-refractivity contribution in [3.05, 3.63) is 30.3 Å². The van der Waals surface area contributed by atoms with Gasteiger partial charge < -0.3 is 15.5 Å². The molecule has 1 aliphatic heterocycles. The maximum absolute atomic E-state index is 12.1. The van der Waals surface area contributed by atoms with Gasteiger partial charge in [-0.05, 0) is 25.0 Å². The van der Waals surface area contributed by atoms with E-state index < -0.39 is 0 Å². The molecule has 1 fully saturated rings. The predicted molar refractivity (Wildman–Crippen MR) is 83.1 cm³/mol. The number of urea groups is 1. The molecule has 1 aromatic rings. The van der Waals surface area contributed by atoms with Crippen molar-refractivity contribution >= 4 is 17.6 Å². The minimum Gasteiger partial charge on any atom is -0.341 e. The molecule has 0 aromatic heterocycles. The van der Waals surface area contributed by atoms with Gasteiger partial charge in [-0.3, -0.25) is 4.79 Å². The van der Waals surface area contributed by atoms with Gasteiger partial charge in [0, 0.05) is 18.8 Å². The Morgan fingerprint density at radius 2 is 1.57 bits per heavy atom. The number of benzene rings is 1. The molecule has 0 atom stereocenters. The minimum absolute atomic E-state index is 0.000103. The normalized spacial score (nSPS) is 15.7. The molecule has 1 saturated heterocycles. The van der Waals surface area contributed by atoms with Crippen LogP contribution < -0.4 is 10.6 Å². The lowest BCUT2D eigenvalue weighted by Crippen LogP contribution is -2.42. The topological polar surface area (TPSA) is 61.4 Å². The van der Waals surface area contributed by atoms with Gasteiger partial charge in [0.2, 0.25) is 5.91 Å². The standard InChI is InChI=1S/C16H23N3O2/c20-15(19-11-7-2-1-3-8-12-19)13-17-16(21)18-14-9-5-4-6-10-14/h4-6,9-10H,1-3,7-8,11-13H2,(H2,17,18,21). The molecule has 5 nitrogen and oxygen atoms in total. The van der Waals surface area contributed by atoms with Gasteiger partial charge in [-0.1, -0.05) is 37.5 Å². The molecule has 21 heavy (non-hydrogen) atoms. The Kier molecular flexibility index (Phi) is 6.06. The van der Waals surface area contributed by atoms with Crippen molar-refractivity contribution in [2.45, 2.75) is 32.1 Å². The lowest BCUT2D eigenvalue weighted by atomic mass is 10.1. The lowest BCUT2D eigenvalue weighted by molar-refractivity contribution is -0.130. The number of hydrogen-bond donors (Lipinski definition) is 2. The summed E-state index contributed by atoms with van der Waals surface area (Å²) in [5.41, 5.74) is 0.716. The Hall–Kier alpha value is -2.04. The van der Waals surface area contributed by atoms with Crippen LogP contribution in [0.2, 0.25) is 0 Å². The second kappa shape index (κ2) is 8.29. The van der Waals surface area contributed by atoms with Crippen LogP contribution in [-0.4, -0.2) is 36.5 Å². The summed E-state index contributed by atoms with van der Waals surface area (Å²) in [5.74, 6) is 0.000103. The average molecular weight is 289 g/mol. The Morgan fingerprint density at radius 3 is 2.24 bits per heavy atom. The molecule has 0 bridgehead atoms. The monoisotopic (exact) mass is 289 g/mol. The predicted octanol–water partition coefficient (Wildman–Crippen LogP) is 2.60. The fourth-order valence-corrected chi connectivity index (χ4v) is 2.46. The third-order valence-electron chi connectivity index (χ3n) is 3.64. The molecule has 2 N–H and O–H groups in total. The number of carbonyl (C=O) groups is 2. The maximum Gasteiger partial charge on any atom is 0.319 e. The summed E-state index contributed by atoms with van der Waals surface area (Å²) in [6, 6.07) is 8.84. The molecule has 3 amide bonds. The molecule has 1 aliphatic rings. The maximum atomic E-state index is 12.1. The number of anilines is 1. The van der Waals surface area contributed by atoms with Crippen molar-refractivity contribution in [1.29, 1.82) is 0 Å². The highest BCUT2D eigenvalue weighted by molar-refractivity contribution is 5.92. The number of amides is 3. The lowest BCUT2D eigenvalue weighted by Gasteiger charge is -2.24. The van der Waals surface area contributed by atoms with Crippen LogP contribution in [0.25, 0.3) is 0 Å². The molecule has 114 valence electrons. The zero-order valence-corrected chi connectivity index (χ0v) is 12.3. The van der Waals surface area contributed by atoms with E-state index in [2.05, 4.69) is 10.6 Å². The zero-order valence-electron chi connectivity index (χ0n) is 12.3. The third-order valence-corrected chi connectivity index (χ3v) is 3.64. The summed E-state index contributed by atoms with van der Waals surface area (Å²) in [6.45, 7) is 1.67. The van der Waals surface area contributed by atoms with Gasteiger partial charge in [0.1, 0.15) is 0 Å². The first-order chi connectivity index (χ1) is 10.3. The second-order valence-corrected chi connectivity index (χ2v) is 5.32. The fraction of sp³-hybridized carbons (Fsp3) is 0.500. The van der Waals surface area contributed by atoms with E-state index in [-0.39, 0.29) is 18.5 Å². The molecule has 0 spiro atoms. The van der Waals surface area contributed by atoms with Crippen LogP contribution in [0, 0.1) is 0 Å². The molecule has 0 unspecified atom stereocenters. The van der Waals surface area contributed by atoms with E-state index in [4.69, 9.17) is 0 Å². The number of carbonyl (C=O) groups excluding carboxylic acids is 2. The SMILES string of the molecule is O=C(NCC(=O)N1CCCCCCC1)Nc1ccccc1. The van der Waals surface area contributed by atoms with Crippen LogP contribution in [-0.2, 0) is 4.79 Å². The number of para-hydroxylation sites is 1. The van der Waals surface area contributed by atoms with Crippen LogP contribution >= 0.6 is 0 Å². The number of rotatable bonds is 3. The van der Waals surface area contributed by atoms with E-state index in [0.717, 1.165) is 25.9 Å². The van der Waals surface area contributed by atoms with Gasteiger partial charge in [0.15, 0.2) is 0 Å². The van der Waals surface area contributed by atoms with E-state index in [1.807, 2.05) is 23.1 Å².